The lowest BCUT2D eigenvalue weighted by atomic mass is 9.92. The average Bonchev–Trinajstić information content (AvgIpc) is 2.88. The van der Waals surface area contributed by atoms with Crippen LogP contribution in [0.5, 0.6) is 5.75 Å². The molecule has 194 valence electrons. The summed E-state index contributed by atoms with van der Waals surface area (Å²) in [7, 11) is 0.798. The fraction of sp³-hybridized carbons (Fsp3) is 0.241. The summed E-state index contributed by atoms with van der Waals surface area (Å²) < 4.78 is 53.1. The number of alkyl halides is 3. The molecule has 0 spiro atoms. The number of carbonyl (C=O) groups excluding carboxylic acids is 2. The maximum absolute atomic E-state index is 14.3. The van der Waals surface area contributed by atoms with E-state index >= 15 is 0 Å². The van der Waals surface area contributed by atoms with Gasteiger partial charge in [-0.1, -0.05) is 78.9 Å². The molecule has 0 aliphatic rings. The number of rotatable bonds is 11. The molecule has 0 unspecified atom stereocenters. The van der Waals surface area contributed by atoms with E-state index in [4.69, 9.17) is 9.47 Å². The van der Waals surface area contributed by atoms with Gasteiger partial charge in [-0.2, -0.15) is 13.2 Å². The Morgan fingerprint density at radius 1 is 0.919 bits per heavy atom. The van der Waals surface area contributed by atoms with Crippen molar-refractivity contribution >= 4 is 17.8 Å². The van der Waals surface area contributed by atoms with Crippen LogP contribution < -0.4 is 0 Å². The van der Waals surface area contributed by atoms with E-state index in [1.165, 1.54) is 42.5 Å². The molecule has 3 rings (SSSR count). The molecule has 0 heterocycles. The van der Waals surface area contributed by atoms with Crippen LogP contribution in [-0.4, -0.2) is 36.2 Å². The zero-order valence-electron chi connectivity index (χ0n) is 20.2. The molecule has 0 fully saturated rings. The number of phenolic OH excluding ortho intramolecular Hbond substituents is 1. The van der Waals surface area contributed by atoms with Gasteiger partial charge in [-0.05, 0) is 42.2 Å². The van der Waals surface area contributed by atoms with Gasteiger partial charge in [0.25, 0.3) is 5.60 Å². The molecule has 8 heteroatoms. The third-order valence-electron chi connectivity index (χ3n) is 5.83. The van der Waals surface area contributed by atoms with Gasteiger partial charge in [-0.25, -0.2) is 4.79 Å². The van der Waals surface area contributed by atoms with Crippen molar-refractivity contribution < 1.29 is 37.3 Å². The summed E-state index contributed by atoms with van der Waals surface area (Å²) in [5, 5.41) is 9.39. The van der Waals surface area contributed by atoms with Crippen LogP contribution in [0.4, 0.5) is 13.2 Å². The van der Waals surface area contributed by atoms with Crippen molar-refractivity contribution in [1.29, 1.82) is 0 Å². The van der Waals surface area contributed by atoms with Crippen LogP contribution in [0.15, 0.2) is 91.0 Å². The molecule has 0 bridgehead atoms. The number of benzene rings is 3. The zero-order valence-corrected chi connectivity index (χ0v) is 20.2. The number of esters is 1. The van der Waals surface area contributed by atoms with E-state index in [9.17, 15) is 27.9 Å². The smallest absolute Gasteiger partial charge is 0.432 e. The summed E-state index contributed by atoms with van der Waals surface area (Å²) >= 11 is 0. The Labute approximate surface area is 213 Å². The van der Waals surface area contributed by atoms with Crippen LogP contribution in [0.25, 0.3) is 6.08 Å². The molecule has 3 aromatic rings. The Morgan fingerprint density at radius 2 is 1.51 bits per heavy atom. The van der Waals surface area contributed by atoms with Crippen LogP contribution in [0.3, 0.4) is 0 Å². The summed E-state index contributed by atoms with van der Waals surface area (Å²) in [6, 6.07) is 21.8. The quantitative estimate of drug-likeness (QED) is 0.252. The minimum Gasteiger partial charge on any atom is -0.508 e. The highest BCUT2D eigenvalue weighted by molar-refractivity contribution is 5.94. The van der Waals surface area contributed by atoms with Crippen molar-refractivity contribution in [3.8, 4) is 5.75 Å². The molecule has 0 aromatic heterocycles. The molecule has 37 heavy (non-hydrogen) atoms. The lowest BCUT2D eigenvalue weighted by molar-refractivity contribution is -0.278. The van der Waals surface area contributed by atoms with Gasteiger partial charge < -0.3 is 14.6 Å². The van der Waals surface area contributed by atoms with E-state index < -0.39 is 35.2 Å². The van der Waals surface area contributed by atoms with Crippen LogP contribution in [0.1, 0.15) is 29.5 Å². The number of phenols is 1. The Morgan fingerprint density at radius 3 is 2.08 bits per heavy atom. The van der Waals surface area contributed by atoms with E-state index in [2.05, 4.69) is 0 Å². The number of aryl methyl sites for hydroxylation is 1. The molecular formula is C29H27F3O5. The number of hydrogen-bond acceptors (Lipinski definition) is 5. The number of ether oxygens (including phenoxy) is 2. The zero-order chi connectivity index (χ0) is 26.9. The molecule has 0 aliphatic heterocycles. The van der Waals surface area contributed by atoms with E-state index in [1.807, 2.05) is 30.3 Å². The topological polar surface area (TPSA) is 72.8 Å². The van der Waals surface area contributed by atoms with E-state index in [-0.39, 0.29) is 18.6 Å². The van der Waals surface area contributed by atoms with Gasteiger partial charge in [0.05, 0.1) is 0 Å². The highest BCUT2D eigenvalue weighted by Crippen LogP contribution is 2.43. The lowest BCUT2D eigenvalue weighted by Gasteiger charge is -2.33. The molecule has 2 atom stereocenters. The monoisotopic (exact) mass is 512 g/mol. The fourth-order valence-electron chi connectivity index (χ4n) is 3.86. The Kier molecular flexibility index (Phi) is 9.25. The number of allylic oxidation sites excluding steroid dienone is 1. The standard InChI is InChI=1S/C29H27F3O5/c1-36-28(29(30,31)32,23-10-6-3-7-11-23)27(35)37-26(19-15-21-8-4-2-5-9-21)20-25(34)18-14-22-12-16-24(33)17-13-22/h2-14,16-18,26,33H,15,19-20H2,1H3/b18-14+/t26-,28-/m1/s1. The van der Waals surface area contributed by atoms with Gasteiger partial charge in [0.1, 0.15) is 11.9 Å². The van der Waals surface area contributed by atoms with Crippen molar-refractivity contribution in [3.05, 3.63) is 108 Å². The maximum atomic E-state index is 14.3. The number of aromatic hydroxyl groups is 1. The summed E-state index contributed by atoms with van der Waals surface area (Å²) in [5.41, 5.74) is -2.24. The first-order chi connectivity index (χ1) is 17.7. The third-order valence-corrected chi connectivity index (χ3v) is 5.83. The second-order valence-corrected chi connectivity index (χ2v) is 8.40. The summed E-state index contributed by atoms with van der Waals surface area (Å²) in [6.07, 6.45) is -3.29. The van der Waals surface area contributed by atoms with Gasteiger partial charge in [0.15, 0.2) is 5.78 Å². The minimum atomic E-state index is -5.12. The second kappa shape index (κ2) is 12.4. The highest BCUT2D eigenvalue weighted by atomic mass is 19.4. The van der Waals surface area contributed by atoms with E-state index in [1.54, 1.807) is 12.1 Å². The first kappa shape index (κ1) is 27.7. The molecule has 0 saturated heterocycles. The minimum absolute atomic E-state index is 0.0704. The Hall–Kier alpha value is -3.91. The number of methoxy groups -OCH3 is 1. The average molecular weight is 513 g/mol. The molecular weight excluding hydrogens is 485 g/mol. The van der Waals surface area contributed by atoms with Gasteiger partial charge in [0.2, 0.25) is 0 Å². The fourth-order valence-corrected chi connectivity index (χ4v) is 3.86. The van der Waals surface area contributed by atoms with Gasteiger partial charge in [-0.15, -0.1) is 0 Å². The maximum Gasteiger partial charge on any atom is 0.432 e. The molecule has 0 aliphatic carbocycles. The SMILES string of the molecule is CO[C@@](C(=O)O[C@H](CCc1ccccc1)CC(=O)/C=C/c1ccc(O)cc1)(c1ccccc1)C(F)(F)F. The highest BCUT2D eigenvalue weighted by Gasteiger charge is 2.64. The van der Waals surface area contributed by atoms with Gasteiger partial charge in [-0.3, -0.25) is 4.79 Å². The number of carbonyl (C=O) groups is 2. The van der Waals surface area contributed by atoms with Crippen molar-refractivity contribution in [3.63, 3.8) is 0 Å². The normalized spacial score (nSPS) is 14.2. The molecule has 3 aromatic carbocycles. The summed E-state index contributed by atoms with van der Waals surface area (Å²) in [6.45, 7) is 0. The van der Waals surface area contributed by atoms with Crippen molar-refractivity contribution in [2.24, 2.45) is 0 Å². The third kappa shape index (κ3) is 7.07. The Bertz CT molecular complexity index is 1190. The van der Waals surface area contributed by atoms with Gasteiger partial charge in [0, 0.05) is 19.1 Å². The van der Waals surface area contributed by atoms with Crippen LogP contribution in [0, 0.1) is 0 Å². The van der Waals surface area contributed by atoms with Crippen LogP contribution in [0.2, 0.25) is 0 Å². The van der Waals surface area contributed by atoms with Crippen molar-refractivity contribution in [1.82, 2.24) is 0 Å². The van der Waals surface area contributed by atoms with Gasteiger partial charge >= 0.3 is 12.1 Å². The lowest BCUT2D eigenvalue weighted by Crippen LogP contribution is -2.52. The molecule has 1 N–H and O–H groups in total. The predicted molar refractivity (Wildman–Crippen MR) is 133 cm³/mol. The van der Waals surface area contributed by atoms with Crippen molar-refractivity contribution in [2.45, 2.75) is 37.1 Å². The van der Waals surface area contributed by atoms with Crippen LogP contribution >= 0.6 is 0 Å². The van der Waals surface area contributed by atoms with E-state index in [0.717, 1.165) is 24.8 Å². The summed E-state index contributed by atoms with van der Waals surface area (Å²) in [5.74, 6) is -2.00. The number of hydrogen-bond donors (Lipinski definition) is 1. The molecule has 5 nitrogen and oxygen atoms in total. The number of halogens is 3. The molecule has 0 radical (unpaired) electrons. The first-order valence-electron chi connectivity index (χ1n) is 11.6. The first-order valence-corrected chi connectivity index (χ1v) is 11.6. The predicted octanol–water partition coefficient (Wildman–Crippen LogP) is 6.01. The Balaban J connectivity index is 1.84. The number of ketones is 1. The van der Waals surface area contributed by atoms with Crippen molar-refractivity contribution in [2.75, 3.05) is 7.11 Å². The summed E-state index contributed by atoms with van der Waals surface area (Å²) in [4.78, 5) is 25.8. The largest absolute Gasteiger partial charge is 0.508 e. The molecule has 0 saturated carbocycles. The van der Waals surface area contributed by atoms with E-state index in [0.29, 0.717) is 12.0 Å². The molecule has 0 amide bonds. The van der Waals surface area contributed by atoms with Crippen LogP contribution in [-0.2, 0) is 31.1 Å². The second-order valence-electron chi connectivity index (χ2n) is 8.40.